The SMILES string of the molecule is COc1cc(OC)c(-c2nc(C)n(N)c2N)cc1OC. The van der Waals surface area contributed by atoms with Crippen LogP contribution in [0, 0.1) is 6.92 Å². The van der Waals surface area contributed by atoms with E-state index in [9.17, 15) is 0 Å². The Kier molecular flexibility index (Phi) is 3.60. The van der Waals surface area contributed by atoms with Gasteiger partial charge in [0.15, 0.2) is 17.3 Å². The summed E-state index contributed by atoms with van der Waals surface area (Å²) in [5.41, 5.74) is 7.20. The van der Waals surface area contributed by atoms with Gasteiger partial charge in [-0.25, -0.2) is 9.66 Å². The third kappa shape index (κ3) is 2.07. The Morgan fingerprint density at radius 2 is 1.55 bits per heavy atom. The normalized spacial score (nSPS) is 10.4. The molecular formula is C13H18N4O3. The van der Waals surface area contributed by atoms with E-state index in [1.165, 1.54) is 4.68 Å². The Hall–Kier alpha value is -2.57. The molecule has 0 bridgehead atoms. The summed E-state index contributed by atoms with van der Waals surface area (Å²) in [7, 11) is 4.68. The largest absolute Gasteiger partial charge is 0.496 e. The van der Waals surface area contributed by atoms with E-state index < -0.39 is 0 Å². The van der Waals surface area contributed by atoms with Gasteiger partial charge in [0.1, 0.15) is 17.3 Å². The molecular weight excluding hydrogens is 260 g/mol. The van der Waals surface area contributed by atoms with Gasteiger partial charge in [-0.15, -0.1) is 0 Å². The second kappa shape index (κ2) is 5.20. The summed E-state index contributed by atoms with van der Waals surface area (Å²) in [5, 5.41) is 0. The zero-order chi connectivity index (χ0) is 14.9. The van der Waals surface area contributed by atoms with E-state index in [2.05, 4.69) is 4.98 Å². The van der Waals surface area contributed by atoms with E-state index in [0.29, 0.717) is 40.1 Å². The van der Waals surface area contributed by atoms with Crippen molar-refractivity contribution in [2.45, 2.75) is 6.92 Å². The van der Waals surface area contributed by atoms with Crippen molar-refractivity contribution in [3.8, 4) is 28.5 Å². The summed E-state index contributed by atoms with van der Waals surface area (Å²) >= 11 is 0. The standard InChI is InChI=1S/C13H18N4O3/c1-7-16-12(13(14)17(7)15)8-5-10(19-3)11(20-4)6-9(8)18-2/h5-6H,14-15H2,1-4H3. The van der Waals surface area contributed by atoms with Crippen LogP contribution in [-0.2, 0) is 0 Å². The number of imidazole rings is 1. The van der Waals surface area contributed by atoms with E-state index in [1.54, 1.807) is 40.4 Å². The number of benzene rings is 1. The molecule has 0 atom stereocenters. The molecule has 0 aliphatic carbocycles. The molecule has 1 heterocycles. The van der Waals surface area contributed by atoms with E-state index in [4.69, 9.17) is 25.8 Å². The lowest BCUT2D eigenvalue weighted by atomic mass is 10.1. The molecule has 2 aromatic rings. The van der Waals surface area contributed by atoms with Crippen LogP contribution in [0.25, 0.3) is 11.3 Å². The number of rotatable bonds is 4. The van der Waals surface area contributed by atoms with Crippen LogP contribution in [0.2, 0.25) is 0 Å². The summed E-state index contributed by atoms with van der Waals surface area (Å²) in [4.78, 5) is 4.36. The summed E-state index contributed by atoms with van der Waals surface area (Å²) in [6, 6.07) is 3.48. The fourth-order valence-electron chi connectivity index (χ4n) is 1.97. The number of nitrogens with zero attached hydrogens (tertiary/aromatic N) is 2. The lowest BCUT2D eigenvalue weighted by Crippen LogP contribution is -2.13. The second-order valence-corrected chi connectivity index (χ2v) is 4.17. The lowest BCUT2D eigenvalue weighted by molar-refractivity contribution is 0.349. The first-order chi connectivity index (χ1) is 9.53. The molecule has 0 fully saturated rings. The molecule has 0 saturated heterocycles. The maximum atomic E-state index is 5.97. The molecule has 0 aliphatic rings. The number of aromatic nitrogens is 2. The van der Waals surface area contributed by atoms with Gasteiger partial charge in [-0.2, -0.15) is 0 Å². The third-order valence-electron chi connectivity index (χ3n) is 3.09. The topological polar surface area (TPSA) is 97.5 Å². The number of ether oxygens (including phenoxy) is 3. The van der Waals surface area contributed by atoms with Gasteiger partial charge >= 0.3 is 0 Å². The monoisotopic (exact) mass is 278 g/mol. The van der Waals surface area contributed by atoms with Crippen molar-refractivity contribution in [2.75, 3.05) is 32.9 Å². The molecule has 0 radical (unpaired) electrons. The maximum Gasteiger partial charge on any atom is 0.164 e. The molecule has 0 aliphatic heterocycles. The Morgan fingerprint density at radius 3 is 2.00 bits per heavy atom. The minimum Gasteiger partial charge on any atom is -0.496 e. The smallest absolute Gasteiger partial charge is 0.164 e. The number of nitrogen functional groups attached to an aromatic ring is 2. The van der Waals surface area contributed by atoms with E-state index in [0.717, 1.165) is 0 Å². The van der Waals surface area contributed by atoms with Crippen molar-refractivity contribution in [1.82, 2.24) is 9.66 Å². The average Bonchev–Trinajstić information content (AvgIpc) is 2.73. The number of aryl methyl sites for hydroxylation is 1. The van der Waals surface area contributed by atoms with Gasteiger partial charge in [0, 0.05) is 6.07 Å². The summed E-state index contributed by atoms with van der Waals surface area (Å²) in [6.07, 6.45) is 0. The number of hydrogen-bond acceptors (Lipinski definition) is 6. The number of anilines is 1. The lowest BCUT2D eigenvalue weighted by Gasteiger charge is -2.13. The molecule has 0 unspecified atom stereocenters. The van der Waals surface area contributed by atoms with E-state index >= 15 is 0 Å². The maximum absolute atomic E-state index is 5.97. The Morgan fingerprint density at radius 1 is 1.00 bits per heavy atom. The van der Waals surface area contributed by atoms with Gasteiger partial charge in [-0.3, -0.25) is 0 Å². The van der Waals surface area contributed by atoms with Gasteiger partial charge in [-0.05, 0) is 13.0 Å². The van der Waals surface area contributed by atoms with Crippen LogP contribution in [0.4, 0.5) is 5.82 Å². The predicted octanol–water partition coefficient (Wildman–Crippen LogP) is 1.18. The highest BCUT2D eigenvalue weighted by molar-refractivity contribution is 5.78. The van der Waals surface area contributed by atoms with Crippen molar-refractivity contribution >= 4 is 5.82 Å². The summed E-state index contributed by atoms with van der Waals surface area (Å²) in [6.45, 7) is 1.77. The van der Waals surface area contributed by atoms with Crippen LogP contribution in [0.5, 0.6) is 17.2 Å². The van der Waals surface area contributed by atoms with Gasteiger partial charge < -0.3 is 25.8 Å². The van der Waals surface area contributed by atoms with Gasteiger partial charge in [0.05, 0.1) is 26.9 Å². The highest BCUT2D eigenvalue weighted by atomic mass is 16.5. The second-order valence-electron chi connectivity index (χ2n) is 4.17. The Labute approximate surface area is 117 Å². The Bertz CT molecular complexity index is 637. The van der Waals surface area contributed by atoms with Gasteiger partial charge in [0.25, 0.3) is 0 Å². The molecule has 2 rings (SSSR count). The Balaban J connectivity index is 2.69. The average molecular weight is 278 g/mol. The van der Waals surface area contributed by atoms with Crippen molar-refractivity contribution in [3.63, 3.8) is 0 Å². The van der Waals surface area contributed by atoms with Crippen molar-refractivity contribution in [2.24, 2.45) is 0 Å². The zero-order valence-electron chi connectivity index (χ0n) is 11.9. The van der Waals surface area contributed by atoms with Crippen molar-refractivity contribution in [1.29, 1.82) is 0 Å². The summed E-state index contributed by atoms with van der Waals surface area (Å²) in [5.74, 6) is 8.45. The first-order valence-electron chi connectivity index (χ1n) is 5.93. The number of nitrogens with two attached hydrogens (primary N) is 2. The van der Waals surface area contributed by atoms with Gasteiger partial charge in [-0.1, -0.05) is 0 Å². The minimum absolute atomic E-state index is 0.355. The van der Waals surface area contributed by atoms with E-state index in [1.807, 2.05) is 0 Å². The minimum atomic E-state index is 0.355. The first kappa shape index (κ1) is 13.9. The predicted molar refractivity (Wildman–Crippen MR) is 76.6 cm³/mol. The molecule has 4 N–H and O–H groups in total. The van der Waals surface area contributed by atoms with Crippen LogP contribution >= 0.6 is 0 Å². The molecule has 7 nitrogen and oxygen atoms in total. The third-order valence-corrected chi connectivity index (χ3v) is 3.09. The molecule has 20 heavy (non-hydrogen) atoms. The number of methoxy groups -OCH3 is 3. The summed E-state index contributed by atoms with van der Waals surface area (Å²) < 4.78 is 17.2. The molecule has 7 heteroatoms. The molecule has 0 saturated carbocycles. The quantitative estimate of drug-likeness (QED) is 0.815. The zero-order valence-corrected chi connectivity index (χ0v) is 11.9. The molecule has 1 aromatic carbocycles. The fourth-order valence-corrected chi connectivity index (χ4v) is 1.97. The highest BCUT2D eigenvalue weighted by Gasteiger charge is 2.19. The van der Waals surface area contributed by atoms with Crippen molar-refractivity contribution in [3.05, 3.63) is 18.0 Å². The van der Waals surface area contributed by atoms with E-state index in [-0.39, 0.29) is 0 Å². The molecule has 108 valence electrons. The van der Waals surface area contributed by atoms with Crippen LogP contribution in [0.1, 0.15) is 5.82 Å². The first-order valence-corrected chi connectivity index (χ1v) is 5.93. The van der Waals surface area contributed by atoms with Crippen LogP contribution in [-0.4, -0.2) is 31.0 Å². The van der Waals surface area contributed by atoms with Gasteiger partial charge in [0.2, 0.25) is 0 Å². The van der Waals surface area contributed by atoms with Crippen LogP contribution in [0.15, 0.2) is 12.1 Å². The molecule has 0 amide bonds. The van der Waals surface area contributed by atoms with Crippen LogP contribution in [0.3, 0.4) is 0 Å². The van der Waals surface area contributed by atoms with Crippen LogP contribution < -0.4 is 25.8 Å². The number of hydrogen-bond donors (Lipinski definition) is 2. The molecule has 1 aromatic heterocycles. The van der Waals surface area contributed by atoms with Crippen molar-refractivity contribution < 1.29 is 14.2 Å². The molecule has 0 spiro atoms. The highest BCUT2D eigenvalue weighted by Crippen LogP contribution is 2.41. The fraction of sp³-hybridized carbons (Fsp3) is 0.308.